The number of benzene rings is 6. The van der Waals surface area contributed by atoms with Crippen molar-refractivity contribution in [3.8, 4) is 22.3 Å². The molecule has 10 rings (SSSR count). The van der Waals surface area contributed by atoms with Crippen molar-refractivity contribution in [3.05, 3.63) is 155 Å². The van der Waals surface area contributed by atoms with Gasteiger partial charge in [0.25, 0.3) is 0 Å². The molecule has 6 aromatic rings. The monoisotopic (exact) mass is 870 g/mol. The standard InChI is InChI=1S/2C21H17.C6H10.2ClH.Hf/c2*1-2-15-13-17-9-6-12-20(21(17)14-15)19-11-5-8-16-7-3-4-10-18(16)19;1-2-4-6-5-3-1;;;/h2*3-14H,2H2,1H3;1-2H,3-6H2;2*1H;/q;;;;;+2/p-2. The Balaban J connectivity index is 0.00000187. The van der Waals surface area contributed by atoms with Crippen molar-refractivity contribution < 1.29 is 44.8 Å². The van der Waals surface area contributed by atoms with Gasteiger partial charge in [-0.1, -0.05) is 0 Å². The van der Waals surface area contributed by atoms with Gasteiger partial charge in [0.1, 0.15) is 0 Å². The molecule has 2 fully saturated rings. The predicted octanol–water partition coefficient (Wildman–Crippen LogP) is 8.05. The van der Waals surface area contributed by atoms with Crippen molar-refractivity contribution in [1.29, 1.82) is 0 Å². The number of hydrogen-bond donors (Lipinski definition) is 0. The van der Waals surface area contributed by atoms with Crippen molar-refractivity contribution in [2.24, 2.45) is 0 Å². The number of halogens is 2. The van der Waals surface area contributed by atoms with Crippen LogP contribution in [-0.2, 0) is 20.0 Å². The van der Waals surface area contributed by atoms with E-state index in [1.165, 1.54) is 80.6 Å². The second kappa shape index (κ2) is 13.6. The summed E-state index contributed by atoms with van der Waals surface area (Å²) in [6.07, 6.45) is 13.5. The molecule has 4 unspecified atom stereocenters. The van der Waals surface area contributed by atoms with Crippen LogP contribution in [0.1, 0.15) is 82.0 Å². The molecule has 51 heavy (non-hydrogen) atoms. The third-order valence-electron chi connectivity index (χ3n) is 13.2. The van der Waals surface area contributed by atoms with Gasteiger partial charge in [-0.05, 0) is 0 Å². The van der Waals surface area contributed by atoms with Gasteiger partial charge in [0, 0.05) is 0 Å². The van der Waals surface area contributed by atoms with Crippen LogP contribution in [0.5, 0.6) is 0 Å². The van der Waals surface area contributed by atoms with E-state index in [2.05, 4.69) is 147 Å². The fraction of sp³-hybridized carbons (Fsp3) is 0.250. The zero-order chi connectivity index (χ0) is 32.7. The molecule has 0 spiro atoms. The van der Waals surface area contributed by atoms with Crippen LogP contribution < -0.4 is 24.8 Å². The summed E-state index contributed by atoms with van der Waals surface area (Å²) in [5.41, 5.74) is 15.6. The Bertz CT molecular complexity index is 2190. The first-order chi connectivity index (χ1) is 24.2. The molecule has 1 heterocycles. The molecule has 1 saturated heterocycles. The fourth-order valence-electron chi connectivity index (χ4n) is 11.4. The van der Waals surface area contributed by atoms with Crippen molar-refractivity contribution in [3.63, 3.8) is 0 Å². The SMILES string of the molecule is CCC1=Cc2c(-c3cccc4ccccc34)cccc2[CH]1[Hf+2]1([CH]2C(CC)=Cc3c(-c4cccc5ccccc45)cccc32)[CH]2CCCC[CH]21.[Cl-].[Cl-]. The molecule has 0 bridgehead atoms. The molecule has 4 atom stereocenters. The maximum atomic E-state index is 2.70. The largest absolute Gasteiger partial charge is 1.00 e. The summed E-state index contributed by atoms with van der Waals surface area (Å²) in [6.45, 7) is 4.90. The van der Waals surface area contributed by atoms with Gasteiger partial charge in [0.05, 0.1) is 0 Å². The van der Waals surface area contributed by atoms with E-state index in [0.717, 1.165) is 20.2 Å². The minimum Gasteiger partial charge on any atom is -1.00 e. The van der Waals surface area contributed by atoms with Crippen molar-refractivity contribution >= 4 is 33.7 Å². The molecular weight excluding hydrogens is 826 g/mol. The molecule has 3 heteroatoms. The summed E-state index contributed by atoms with van der Waals surface area (Å²) >= 11 is -3.25. The zero-order valence-electron chi connectivity index (χ0n) is 29.5. The van der Waals surface area contributed by atoms with Crippen LogP contribution in [0.4, 0.5) is 0 Å². The Morgan fingerprint density at radius 2 is 0.863 bits per heavy atom. The smallest absolute Gasteiger partial charge is 1.00 e. The minimum atomic E-state index is -3.25. The van der Waals surface area contributed by atoms with Crippen molar-refractivity contribution in [2.45, 2.75) is 67.1 Å². The van der Waals surface area contributed by atoms with Crippen molar-refractivity contribution in [2.75, 3.05) is 0 Å². The quantitative estimate of drug-likeness (QED) is 0.149. The molecule has 0 N–H and O–H groups in total. The van der Waals surface area contributed by atoms with Gasteiger partial charge in [-0.25, -0.2) is 0 Å². The number of rotatable bonds is 6. The summed E-state index contributed by atoms with van der Waals surface area (Å²) in [4.78, 5) is 0. The van der Waals surface area contributed by atoms with E-state index in [4.69, 9.17) is 0 Å². The van der Waals surface area contributed by atoms with Gasteiger partial charge in [-0.2, -0.15) is 0 Å². The summed E-state index contributed by atoms with van der Waals surface area (Å²) < 4.78 is 3.37. The number of hydrogen-bond acceptors (Lipinski definition) is 0. The Morgan fingerprint density at radius 1 is 0.471 bits per heavy atom. The van der Waals surface area contributed by atoms with Crippen LogP contribution >= 0.6 is 0 Å². The van der Waals surface area contributed by atoms with E-state index in [1.54, 1.807) is 22.3 Å². The van der Waals surface area contributed by atoms with E-state index >= 15 is 0 Å². The third-order valence-corrected chi connectivity index (χ3v) is 38.1. The molecule has 254 valence electrons. The van der Waals surface area contributed by atoms with Crippen LogP contribution in [0.25, 0.3) is 56.0 Å². The van der Waals surface area contributed by atoms with E-state index in [9.17, 15) is 0 Å². The first kappa shape index (κ1) is 34.8. The first-order valence-corrected chi connectivity index (χ1v) is 27.2. The Kier molecular flexibility index (Phi) is 9.31. The van der Waals surface area contributed by atoms with E-state index in [1.807, 2.05) is 0 Å². The first-order valence-electron chi connectivity index (χ1n) is 18.9. The fourth-order valence-corrected chi connectivity index (χ4v) is 47.2. The second-order valence-corrected chi connectivity index (χ2v) is 31.8. The van der Waals surface area contributed by atoms with Gasteiger partial charge < -0.3 is 24.8 Å². The van der Waals surface area contributed by atoms with Crippen LogP contribution in [-0.4, -0.2) is 0 Å². The van der Waals surface area contributed by atoms with E-state index < -0.39 is 20.0 Å². The summed E-state index contributed by atoms with van der Waals surface area (Å²) in [5, 5.41) is 5.40. The van der Waals surface area contributed by atoms with Crippen LogP contribution in [0.15, 0.2) is 132 Å². The third kappa shape index (κ3) is 5.09. The molecular formula is C48H44Cl2Hf. The van der Waals surface area contributed by atoms with E-state index in [0.29, 0.717) is 7.35 Å². The number of fused-ring (bicyclic) bond motifs is 5. The summed E-state index contributed by atoms with van der Waals surface area (Å²) in [5.74, 6) is 0. The average Bonchev–Trinajstić information content (AvgIpc) is 3.43. The molecule has 1 saturated carbocycles. The maximum Gasteiger partial charge on any atom is -1.00 e. The zero-order valence-corrected chi connectivity index (χ0v) is 34.6. The minimum absolute atomic E-state index is 0. The number of allylic oxidation sites excluding steroid dienone is 2. The van der Waals surface area contributed by atoms with Gasteiger partial charge in [-0.3, -0.25) is 0 Å². The summed E-state index contributed by atoms with van der Waals surface area (Å²) in [7, 11) is 0. The molecule has 4 aliphatic rings. The maximum absolute atomic E-state index is 3.25. The van der Waals surface area contributed by atoms with Crippen LogP contribution in [0.3, 0.4) is 0 Å². The molecule has 0 aromatic heterocycles. The van der Waals surface area contributed by atoms with Crippen LogP contribution in [0.2, 0.25) is 7.35 Å². The summed E-state index contributed by atoms with van der Waals surface area (Å²) in [6, 6.07) is 46.4. The average molecular weight is 870 g/mol. The molecule has 0 amide bonds. The molecule has 3 aliphatic carbocycles. The van der Waals surface area contributed by atoms with E-state index in [-0.39, 0.29) is 24.8 Å². The normalized spacial score (nSPS) is 22.9. The molecule has 6 aromatic carbocycles. The van der Waals surface area contributed by atoms with Gasteiger partial charge >= 0.3 is 298 Å². The second-order valence-electron chi connectivity index (χ2n) is 15.2. The van der Waals surface area contributed by atoms with Gasteiger partial charge in [-0.15, -0.1) is 0 Å². The molecule has 1 aliphatic heterocycles. The van der Waals surface area contributed by atoms with Crippen molar-refractivity contribution in [1.82, 2.24) is 0 Å². The molecule has 0 radical (unpaired) electrons. The molecule has 0 nitrogen and oxygen atoms in total. The van der Waals surface area contributed by atoms with Crippen LogP contribution in [0, 0.1) is 0 Å². The predicted molar refractivity (Wildman–Crippen MR) is 207 cm³/mol. The Morgan fingerprint density at radius 3 is 1.31 bits per heavy atom. The Labute approximate surface area is 320 Å². The van der Waals surface area contributed by atoms with Gasteiger partial charge in [0.15, 0.2) is 0 Å². The Hall–Kier alpha value is -3.23. The van der Waals surface area contributed by atoms with Gasteiger partial charge in [0.2, 0.25) is 0 Å². The topological polar surface area (TPSA) is 0 Å².